The van der Waals surface area contributed by atoms with Crippen LogP contribution in [0.1, 0.15) is 44.1 Å². The van der Waals surface area contributed by atoms with E-state index in [1.807, 2.05) is 0 Å². The van der Waals surface area contributed by atoms with E-state index in [0.717, 1.165) is 44.1 Å². The average Bonchev–Trinajstić information content (AvgIpc) is 2.84. The second-order valence-corrected chi connectivity index (χ2v) is 4.68. The molecule has 1 saturated heterocycles. The van der Waals surface area contributed by atoms with Crippen molar-refractivity contribution < 1.29 is 9.15 Å². The van der Waals surface area contributed by atoms with E-state index in [9.17, 15) is 0 Å². The topological polar surface area (TPSA) is 34.4 Å². The Morgan fingerprint density at radius 2 is 2.18 bits per heavy atom. The molecule has 17 heavy (non-hydrogen) atoms. The van der Waals surface area contributed by atoms with E-state index in [1.165, 1.54) is 19.3 Å². The summed E-state index contributed by atoms with van der Waals surface area (Å²) in [5, 5.41) is 3.41. The zero-order chi connectivity index (χ0) is 11.9. The lowest BCUT2D eigenvalue weighted by Gasteiger charge is -2.22. The van der Waals surface area contributed by atoms with E-state index < -0.39 is 0 Å². The Labute approximate surface area is 104 Å². The van der Waals surface area contributed by atoms with Gasteiger partial charge in [0.15, 0.2) is 0 Å². The number of hydrogen-bond donors (Lipinski definition) is 1. The van der Waals surface area contributed by atoms with Crippen molar-refractivity contribution in [3.8, 4) is 0 Å². The van der Waals surface area contributed by atoms with Crippen molar-refractivity contribution in [3.63, 3.8) is 0 Å². The van der Waals surface area contributed by atoms with Gasteiger partial charge in [0.05, 0.1) is 12.6 Å². The van der Waals surface area contributed by atoms with Crippen LogP contribution >= 0.6 is 0 Å². The highest BCUT2D eigenvalue weighted by Gasteiger charge is 2.12. The third kappa shape index (κ3) is 4.17. The predicted molar refractivity (Wildman–Crippen MR) is 68.0 cm³/mol. The van der Waals surface area contributed by atoms with Gasteiger partial charge in [-0.2, -0.15) is 0 Å². The smallest absolute Gasteiger partial charge is 0.117 e. The molecule has 1 aliphatic heterocycles. The van der Waals surface area contributed by atoms with Crippen LogP contribution in [0.4, 0.5) is 0 Å². The van der Waals surface area contributed by atoms with Gasteiger partial charge in [0.25, 0.3) is 0 Å². The molecule has 1 fully saturated rings. The van der Waals surface area contributed by atoms with E-state index in [4.69, 9.17) is 9.15 Å². The standard InChI is InChI=1S/C14H23NO2/c1-2-12-6-7-14(17-12)11-15-9-8-13-5-3-4-10-16-13/h6-7,13,15H,2-5,8-11H2,1H3. The van der Waals surface area contributed by atoms with Crippen LogP contribution in [0.2, 0.25) is 0 Å². The predicted octanol–water partition coefficient (Wildman–Crippen LogP) is 2.89. The number of hydrogen-bond acceptors (Lipinski definition) is 3. The molecule has 0 spiro atoms. The minimum absolute atomic E-state index is 0.471. The van der Waals surface area contributed by atoms with Crippen molar-refractivity contribution in [1.29, 1.82) is 0 Å². The van der Waals surface area contributed by atoms with Gasteiger partial charge < -0.3 is 14.5 Å². The Morgan fingerprint density at radius 1 is 1.29 bits per heavy atom. The fraction of sp³-hybridized carbons (Fsp3) is 0.714. The summed E-state index contributed by atoms with van der Waals surface area (Å²) in [6.45, 7) is 4.89. The molecule has 1 aromatic heterocycles. The van der Waals surface area contributed by atoms with Gasteiger partial charge in [-0.15, -0.1) is 0 Å². The summed E-state index contributed by atoms with van der Waals surface area (Å²) in [6, 6.07) is 4.12. The van der Waals surface area contributed by atoms with Gasteiger partial charge in [0, 0.05) is 13.0 Å². The molecule has 3 nitrogen and oxygen atoms in total. The Kier molecular flexibility index (Phi) is 5.08. The van der Waals surface area contributed by atoms with Gasteiger partial charge in [-0.25, -0.2) is 0 Å². The first kappa shape index (κ1) is 12.7. The summed E-state index contributed by atoms with van der Waals surface area (Å²) < 4.78 is 11.3. The molecule has 1 aromatic rings. The largest absolute Gasteiger partial charge is 0.465 e. The van der Waals surface area contributed by atoms with Crippen LogP contribution in [0.25, 0.3) is 0 Å². The summed E-state index contributed by atoms with van der Waals surface area (Å²) in [7, 11) is 0. The molecule has 3 heteroatoms. The lowest BCUT2D eigenvalue weighted by molar-refractivity contribution is 0.0115. The highest BCUT2D eigenvalue weighted by molar-refractivity contribution is 5.06. The molecular formula is C14H23NO2. The molecule has 0 saturated carbocycles. The Balaban J connectivity index is 1.59. The lowest BCUT2D eigenvalue weighted by atomic mass is 10.1. The summed E-state index contributed by atoms with van der Waals surface area (Å²) in [5.74, 6) is 2.10. The summed E-state index contributed by atoms with van der Waals surface area (Å²) in [4.78, 5) is 0. The summed E-state index contributed by atoms with van der Waals surface area (Å²) >= 11 is 0. The van der Waals surface area contributed by atoms with Gasteiger partial charge in [-0.05, 0) is 44.4 Å². The van der Waals surface area contributed by atoms with Crippen LogP contribution in [0.3, 0.4) is 0 Å². The maximum Gasteiger partial charge on any atom is 0.117 e. The number of rotatable bonds is 6. The molecular weight excluding hydrogens is 214 g/mol. The first-order chi connectivity index (χ1) is 8.38. The molecule has 0 radical (unpaired) electrons. The fourth-order valence-electron chi connectivity index (χ4n) is 2.22. The van der Waals surface area contributed by atoms with Crippen molar-refractivity contribution in [2.45, 2.75) is 51.7 Å². The van der Waals surface area contributed by atoms with Crippen LogP contribution in [-0.2, 0) is 17.7 Å². The lowest BCUT2D eigenvalue weighted by Crippen LogP contribution is -2.25. The normalized spacial score (nSPS) is 20.6. The Bertz CT molecular complexity index is 316. The van der Waals surface area contributed by atoms with E-state index in [2.05, 4.69) is 24.4 Å². The maximum atomic E-state index is 5.69. The van der Waals surface area contributed by atoms with Gasteiger partial charge in [-0.3, -0.25) is 0 Å². The van der Waals surface area contributed by atoms with Crippen molar-refractivity contribution in [1.82, 2.24) is 5.32 Å². The Hall–Kier alpha value is -0.800. The van der Waals surface area contributed by atoms with Crippen molar-refractivity contribution in [3.05, 3.63) is 23.7 Å². The fourth-order valence-corrected chi connectivity index (χ4v) is 2.22. The zero-order valence-electron chi connectivity index (χ0n) is 10.7. The molecule has 0 bridgehead atoms. The van der Waals surface area contributed by atoms with E-state index in [1.54, 1.807) is 0 Å². The Morgan fingerprint density at radius 3 is 2.88 bits per heavy atom. The van der Waals surface area contributed by atoms with Crippen molar-refractivity contribution in [2.24, 2.45) is 0 Å². The highest BCUT2D eigenvalue weighted by atomic mass is 16.5. The minimum atomic E-state index is 0.471. The van der Waals surface area contributed by atoms with Gasteiger partial charge in [-0.1, -0.05) is 6.92 Å². The van der Waals surface area contributed by atoms with Gasteiger partial charge in [0.2, 0.25) is 0 Å². The quantitative estimate of drug-likeness (QED) is 0.772. The third-order valence-corrected chi connectivity index (χ3v) is 3.28. The van der Waals surface area contributed by atoms with Gasteiger partial charge in [0.1, 0.15) is 11.5 Å². The van der Waals surface area contributed by atoms with Crippen LogP contribution in [-0.4, -0.2) is 19.3 Å². The molecule has 1 aliphatic rings. The van der Waals surface area contributed by atoms with E-state index >= 15 is 0 Å². The monoisotopic (exact) mass is 237 g/mol. The molecule has 0 aliphatic carbocycles. The number of furan rings is 1. The van der Waals surface area contributed by atoms with Crippen LogP contribution < -0.4 is 5.32 Å². The second kappa shape index (κ2) is 6.82. The van der Waals surface area contributed by atoms with Crippen molar-refractivity contribution >= 4 is 0 Å². The molecule has 0 aromatic carbocycles. The van der Waals surface area contributed by atoms with Crippen LogP contribution in [0.15, 0.2) is 16.5 Å². The van der Waals surface area contributed by atoms with Crippen LogP contribution in [0, 0.1) is 0 Å². The van der Waals surface area contributed by atoms with E-state index in [-0.39, 0.29) is 0 Å². The minimum Gasteiger partial charge on any atom is -0.465 e. The SMILES string of the molecule is CCc1ccc(CNCCC2CCCCO2)o1. The summed E-state index contributed by atoms with van der Waals surface area (Å²) in [6.07, 6.45) is 6.33. The highest BCUT2D eigenvalue weighted by Crippen LogP contribution is 2.15. The average molecular weight is 237 g/mol. The number of aryl methyl sites for hydroxylation is 1. The van der Waals surface area contributed by atoms with Crippen molar-refractivity contribution in [2.75, 3.05) is 13.2 Å². The third-order valence-electron chi connectivity index (χ3n) is 3.28. The van der Waals surface area contributed by atoms with E-state index in [0.29, 0.717) is 6.10 Å². The molecule has 2 heterocycles. The molecule has 2 rings (SSSR count). The molecule has 0 amide bonds. The number of nitrogens with one attached hydrogen (secondary N) is 1. The first-order valence-electron chi connectivity index (χ1n) is 6.78. The maximum absolute atomic E-state index is 5.69. The molecule has 1 unspecified atom stereocenters. The molecule has 96 valence electrons. The number of ether oxygens (including phenoxy) is 1. The first-order valence-corrected chi connectivity index (χ1v) is 6.78. The van der Waals surface area contributed by atoms with Gasteiger partial charge >= 0.3 is 0 Å². The second-order valence-electron chi connectivity index (χ2n) is 4.68. The summed E-state index contributed by atoms with van der Waals surface area (Å²) in [5.41, 5.74) is 0. The molecule has 1 N–H and O–H groups in total. The zero-order valence-corrected chi connectivity index (χ0v) is 10.7. The molecule has 1 atom stereocenters. The van der Waals surface area contributed by atoms with Crippen LogP contribution in [0.5, 0.6) is 0 Å².